The van der Waals surface area contributed by atoms with Gasteiger partial charge in [-0.25, -0.2) is 4.98 Å². The van der Waals surface area contributed by atoms with Gasteiger partial charge in [-0.15, -0.1) is 0 Å². The number of amides is 3. The van der Waals surface area contributed by atoms with Crippen LogP contribution in [0.2, 0.25) is 5.02 Å². The molecule has 1 aliphatic carbocycles. The summed E-state index contributed by atoms with van der Waals surface area (Å²) in [6.07, 6.45) is 8.79. The van der Waals surface area contributed by atoms with Crippen molar-refractivity contribution in [2.24, 2.45) is 17.6 Å². The molecule has 3 heterocycles. The second kappa shape index (κ2) is 13.8. The van der Waals surface area contributed by atoms with Crippen molar-refractivity contribution in [1.29, 1.82) is 0 Å². The minimum absolute atomic E-state index is 0.0375. The van der Waals surface area contributed by atoms with Gasteiger partial charge in [-0.05, 0) is 86.7 Å². The van der Waals surface area contributed by atoms with Gasteiger partial charge in [0.15, 0.2) is 0 Å². The van der Waals surface area contributed by atoms with Crippen LogP contribution in [0.4, 0.5) is 5.82 Å². The van der Waals surface area contributed by atoms with Crippen LogP contribution in [0.5, 0.6) is 0 Å². The number of primary amides is 1. The first-order valence-corrected chi connectivity index (χ1v) is 13.5. The number of anilines is 1. The zero-order valence-corrected chi connectivity index (χ0v) is 22.4. The van der Waals surface area contributed by atoms with Gasteiger partial charge in [0.2, 0.25) is 11.8 Å². The first-order valence-electron chi connectivity index (χ1n) is 13.1. The zero-order chi connectivity index (χ0) is 27.6. The summed E-state index contributed by atoms with van der Waals surface area (Å²) in [6, 6.07) is 14.6. The van der Waals surface area contributed by atoms with Crippen LogP contribution < -0.4 is 16.4 Å². The lowest BCUT2D eigenvalue weighted by atomic mass is 9.96. The number of carbonyl (C=O) groups is 3. The monoisotopic (exact) mass is 548 g/mol. The van der Waals surface area contributed by atoms with E-state index in [1.165, 1.54) is 23.9 Å². The Bertz CT molecular complexity index is 1280. The van der Waals surface area contributed by atoms with E-state index in [2.05, 4.69) is 31.6 Å². The number of likely N-dealkylation sites (tertiary alicyclic amines) is 1. The molecule has 0 atom stereocenters. The van der Waals surface area contributed by atoms with Crippen molar-refractivity contribution in [2.75, 3.05) is 25.0 Å². The normalized spacial score (nSPS) is 15.5. The largest absolute Gasteiger partial charge is 0.366 e. The first kappa shape index (κ1) is 28.2. The van der Waals surface area contributed by atoms with E-state index >= 15 is 0 Å². The molecule has 3 amide bonds. The molecule has 1 aliphatic heterocycles. The number of carbonyl (C=O) groups excluding carboxylic acids is 3. The quantitative estimate of drug-likeness (QED) is 0.391. The molecule has 2 fully saturated rings. The highest BCUT2D eigenvalue weighted by atomic mass is 35.5. The maximum absolute atomic E-state index is 12.1. The summed E-state index contributed by atoms with van der Waals surface area (Å²) in [4.78, 5) is 44.7. The number of halogens is 1. The van der Waals surface area contributed by atoms with Crippen LogP contribution in [0, 0.1) is 11.8 Å². The number of nitrogens with one attached hydrogen (secondary N) is 2. The predicted molar refractivity (Wildman–Crippen MR) is 150 cm³/mol. The fourth-order valence-corrected chi connectivity index (χ4v) is 4.52. The topological polar surface area (TPSA) is 130 Å². The highest BCUT2D eigenvalue weighted by Gasteiger charge is 2.29. The molecule has 4 N–H and O–H groups in total. The van der Waals surface area contributed by atoms with Crippen molar-refractivity contribution >= 4 is 35.1 Å². The van der Waals surface area contributed by atoms with Gasteiger partial charge in [0.05, 0.1) is 5.56 Å². The maximum atomic E-state index is 12.1. The number of benzene rings is 1. The smallest absolute Gasteiger partial charge is 0.252 e. The Morgan fingerprint density at radius 1 is 0.974 bits per heavy atom. The van der Waals surface area contributed by atoms with Gasteiger partial charge in [-0.2, -0.15) is 0 Å². The minimum Gasteiger partial charge on any atom is -0.366 e. The van der Waals surface area contributed by atoms with Gasteiger partial charge in [-0.3, -0.25) is 24.3 Å². The highest BCUT2D eigenvalue weighted by molar-refractivity contribution is 6.30. The van der Waals surface area contributed by atoms with E-state index in [9.17, 15) is 14.4 Å². The third-order valence-electron chi connectivity index (χ3n) is 6.72. The SMILES string of the molecule is NC(=O)c1ccnc(NC(=O)C2CC2)c1.O=C(NCC1CCN(Cc2cccc(Cl)c2)CC1)c1cccnc1. The van der Waals surface area contributed by atoms with Crippen molar-refractivity contribution < 1.29 is 14.4 Å². The Morgan fingerprint density at radius 3 is 2.44 bits per heavy atom. The minimum atomic E-state index is -0.528. The summed E-state index contributed by atoms with van der Waals surface area (Å²) < 4.78 is 0. The molecule has 2 aliphatic rings. The van der Waals surface area contributed by atoms with Crippen LogP contribution in [-0.2, 0) is 11.3 Å². The van der Waals surface area contributed by atoms with E-state index in [0.717, 1.165) is 56.9 Å². The number of nitrogens with two attached hydrogens (primary N) is 1. The molecule has 1 saturated heterocycles. The number of hydrogen-bond donors (Lipinski definition) is 3. The predicted octanol–water partition coefficient (Wildman–Crippen LogP) is 3.91. The van der Waals surface area contributed by atoms with Gasteiger partial charge >= 0.3 is 0 Å². The highest BCUT2D eigenvalue weighted by Crippen LogP contribution is 2.30. The molecular formula is C29H33ClN6O3. The molecule has 0 bridgehead atoms. The average molecular weight is 549 g/mol. The number of nitrogens with zero attached hydrogens (tertiary/aromatic N) is 3. The van der Waals surface area contributed by atoms with Crippen LogP contribution in [0.1, 0.15) is 52.0 Å². The molecule has 204 valence electrons. The van der Waals surface area contributed by atoms with Crippen molar-refractivity contribution in [3.63, 3.8) is 0 Å². The number of rotatable bonds is 8. The van der Waals surface area contributed by atoms with Crippen molar-refractivity contribution in [1.82, 2.24) is 20.2 Å². The van der Waals surface area contributed by atoms with E-state index in [4.69, 9.17) is 17.3 Å². The molecule has 9 nitrogen and oxygen atoms in total. The van der Waals surface area contributed by atoms with Gasteiger partial charge in [0, 0.05) is 48.2 Å². The zero-order valence-electron chi connectivity index (χ0n) is 21.7. The van der Waals surface area contributed by atoms with Gasteiger partial charge in [-0.1, -0.05) is 23.7 Å². The maximum Gasteiger partial charge on any atom is 0.252 e. The van der Waals surface area contributed by atoms with Gasteiger partial charge < -0.3 is 16.4 Å². The lowest BCUT2D eigenvalue weighted by Gasteiger charge is -2.32. The van der Waals surface area contributed by atoms with E-state index in [1.807, 2.05) is 18.2 Å². The second-order valence-electron chi connectivity index (χ2n) is 9.86. The molecule has 10 heteroatoms. The van der Waals surface area contributed by atoms with Crippen LogP contribution in [0.15, 0.2) is 67.1 Å². The molecular weight excluding hydrogens is 516 g/mol. The lowest BCUT2D eigenvalue weighted by molar-refractivity contribution is -0.117. The van der Waals surface area contributed by atoms with Crippen molar-refractivity contribution in [3.05, 3.63) is 88.8 Å². The van der Waals surface area contributed by atoms with Crippen molar-refractivity contribution in [3.8, 4) is 0 Å². The van der Waals surface area contributed by atoms with Crippen LogP contribution in [-0.4, -0.2) is 52.2 Å². The third kappa shape index (κ3) is 9.15. The summed E-state index contributed by atoms with van der Waals surface area (Å²) >= 11 is 6.04. The molecule has 39 heavy (non-hydrogen) atoms. The second-order valence-corrected chi connectivity index (χ2v) is 10.3. The van der Waals surface area contributed by atoms with Crippen LogP contribution >= 0.6 is 11.6 Å². The fourth-order valence-electron chi connectivity index (χ4n) is 4.30. The molecule has 0 unspecified atom stereocenters. The molecule has 1 saturated carbocycles. The Labute approximate surface area is 233 Å². The summed E-state index contributed by atoms with van der Waals surface area (Å²) in [5, 5.41) is 6.46. The summed E-state index contributed by atoms with van der Waals surface area (Å²) in [5.41, 5.74) is 7.33. The van der Waals surface area contributed by atoms with Gasteiger partial charge in [0.25, 0.3) is 5.91 Å². The standard InChI is InChI=1S/C19H22ClN3O.C10H11N3O2/c20-18-5-1-3-16(11-18)14-23-9-6-15(7-10-23)12-22-19(24)17-4-2-8-21-13-17;11-9(14)7-3-4-12-8(5-7)13-10(15)6-1-2-6/h1-5,8,11,13,15H,6-7,9-10,12,14H2,(H,22,24);3-6H,1-2H2,(H2,11,14)(H,12,13,15). The Hall–Kier alpha value is -3.82. The molecule has 5 rings (SSSR count). The van der Waals surface area contributed by atoms with Crippen molar-refractivity contribution in [2.45, 2.75) is 32.2 Å². The molecule has 1 aromatic carbocycles. The lowest BCUT2D eigenvalue weighted by Crippen LogP contribution is -2.38. The van der Waals surface area contributed by atoms with E-state index in [-0.39, 0.29) is 17.7 Å². The van der Waals surface area contributed by atoms with Crippen LogP contribution in [0.25, 0.3) is 0 Å². The molecule has 3 aromatic rings. The fraction of sp³-hybridized carbons (Fsp3) is 0.345. The summed E-state index contributed by atoms with van der Waals surface area (Å²) in [6.45, 7) is 3.79. The van der Waals surface area contributed by atoms with E-state index in [1.54, 1.807) is 24.5 Å². The molecule has 0 radical (unpaired) electrons. The Morgan fingerprint density at radius 2 is 1.77 bits per heavy atom. The summed E-state index contributed by atoms with van der Waals surface area (Å²) in [7, 11) is 0. The first-order chi connectivity index (χ1) is 18.9. The number of aromatic nitrogens is 2. The number of piperidine rings is 1. The van der Waals surface area contributed by atoms with E-state index in [0.29, 0.717) is 22.9 Å². The molecule has 2 aromatic heterocycles. The van der Waals surface area contributed by atoms with E-state index < -0.39 is 5.91 Å². The summed E-state index contributed by atoms with van der Waals surface area (Å²) in [5.74, 6) is 0.432. The van der Waals surface area contributed by atoms with Gasteiger partial charge in [0.1, 0.15) is 5.82 Å². The van der Waals surface area contributed by atoms with Crippen LogP contribution in [0.3, 0.4) is 0 Å². The number of pyridine rings is 2. The third-order valence-corrected chi connectivity index (χ3v) is 6.96. The molecule has 0 spiro atoms. The number of hydrogen-bond acceptors (Lipinski definition) is 6. The Balaban J connectivity index is 0.000000202. The average Bonchev–Trinajstić information content (AvgIpc) is 3.80. The Kier molecular flexibility index (Phi) is 9.99.